The molecule has 2 heterocycles. The van der Waals surface area contributed by atoms with Gasteiger partial charge in [-0.2, -0.15) is 0 Å². The van der Waals surface area contributed by atoms with E-state index in [-0.39, 0.29) is 12.3 Å². The van der Waals surface area contributed by atoms with E-state index < -0.39 is 5.97 Å². The molecule has 2 N–H and O–H groups in total. The summed E-state index contributed by atoms with van der Waals surface area (Å²) in [6.07, 6.45) is 3.62. The Morgan fingerprint density at radius 1 is 1.50 bits per heavy atom. The van der Waals surface area contributed by atoms with E-state index in [0.717, 1.165) is 32.5 Å². The van der Waals surface area contributed by atoms with Gasteiger partial charge in [0.15, 0.2) is 5.69 Å². The number of carbonyl (C=O) groups is 1. The average molecular weight is 254 g/mol. The molecule has 7 heteroatoms. The Labute approximate surface area is 105 Å². The molecule has 1 aliphatic rings. The number of piperidine rings is 1. The van der Waals surface area contributed by atoms with Crippen LogP contribution in [0.1, 0.15) is 23.3 Å². The Morgan fingerprint density at radius 2 is 2.33 bits per heavy atom. The van der Waals surface area contributed by atoms with E-state index in [1.165, 1.54) is 6.20 Å². The fraction of sp³-hybridized carbons (Fsp3) is 0.727. The second-order valence-electron chi connectivity index (χ2n) is 4.66. The van der Waals surface area contributed by atoms with Crippen LogP contribution in [-0.4, -0.2) is 62.3 Å². The third-order valence-corrected chi connectivity index (χ3v) is 3.26. The monoisotopic (exact) mass is 254 g/mol. The molecule has 1 fully saturated rings. The first kappa shape index (κ1) is 13.0. The number of carboxylic acid groups (broad SMARTS) is 1. The lowest BCUT2D eigenvalue weighted by atomic mass is 9.99. The van der Waals surface area contributed by atoms with Gasteiger partial charge in [-0.15, -0.1) is 5.10 Å². The molecular formula is C11H18N4O3. The second-order valence-corrected chi connectivity index (χ2v) is 4.66. The standard InChI is InChI=1S/C11H18N4O3/c16-8-9-2-1-3-14(6-9)4-5-15-7-10(11(17)18)12-13-15/h7,9,16H,1-6,8H2,(H,17,18). The molecule has 1 aliphatic heterocycles. The van der Waals surface area contributed by atoms with E-state index in [4.69, 9.17) is 10.2 Å². The lowest BCUT2D eigenvalue weighted by molar-refractivity contribution is 0.0690. The Morgan fingerprint density at radius 3 is 3.00 bits per heavy atom. The smallest absolute Gasteiger partial charge is 0.358 e. The van der Waals surface area contributed by atoms with Crippen molar-refractivity contribution in [2.75, 3.05) is 26.2 Å². The van der Waals surface area contributed by atoms with Gasteiger partial charge in [0.2, 0.25) is 0 Å². The molecular weight excluding hydrogens is 236 g/mol. The average Bonchev–Trinajstić information content (AvgIpc) is 2.85. The molecule has 1 aromatic heterocycles. The van der Waals surface area contributed by atoms with Gasteiger partial charge in [0, 0.05) is 19.7 Å². The van der Waals surface area contributed by atoms with Gasteiger partial charge in [-0.05, 0) is 25.3 Å². The van der Waals surface area contributed by atoms with E-state index in [1.807, 2.05) is 0 Å². The van der Waals surface area contributed by atoms with Crippen LogP contribution in [0.5, 0.6) is 0 Å². The first-order valence-corrected chi connectivity index (χ1v) is 6.15. The number of rotatable bonds is 5. The molecule has 0 spiro atoms. The van der Waals surface area contributed by atoms with Crippen LogP contribution in [0, 0.1) is 5.92 Å². The van der Waals surface area contributed by atoms with Crippen molar-refractivity contribution in [3.63, 3.8) is 0 Å². The van der Waals surface area contributed by atoms with Crippen molar-refractivity contribution in [1.82, 2.24) is 19.9 Å². The maximum atomic E-state index is 10.6. The fourth-order valence-electron chi connectivity index (χ4n) is 2.25. The molecule has 1 aromatic rings. The van der Waals surface area contributed by atoms with Crippen molar-refractivity contribution in [2.45, 2.75) is 19.4 Å². The molecule has 0 bridgehead atoms. The van der Waals surface area contributed by atoms with Gasteiger partial charge in [0.05, 0.1) is 12.7 Å². The number of aliphatic hydroxyl groups is 1. The number of aromatic carboxylic acids is 1. The van der Waals surface area contributed by atoms with Crippen molar-refractivity contribution < 1.29 is 15.0 Å². The van der Waals surface area contributed by atoms with Crippen LogP contribution in [0.3, 0.4) is 0 Å². The zero-order valence-electron chi connectivity index (χ0n) is 10.2. The summed E-state index contributed by atoms with van der Waals surface area (Å²) in [5, 5.41) is 25.2. The number of hydrogen-bond acceptors (Lipinski definition) is 5. The minimum Gasteiger partial charge on any atom is -0.476 e. The van der Waals surface area contributed by atoms with Crippen molar-refractivity contribution >= 4 is 5.97 Å². The highest BCUT2D eigenvalue weighted by molar-refractivity contribution is 5.84. The van der Waals surface area contributed by atoms with Crippen molar-refractivity contribution in [3.8, 4) is 0 Å². The molecule has 7 nitrogen and oxygen atoms in total. The van der Waals surface area contributed by atoms with Gasteiger partial charge >= 0.3 is 5.97 Å². The summed E-state index contributed by atoms with van der Waals surface area (Å²) >= 11 is 0. The fourth-order valence-corrected chi connectivity index (χ4v) is 2.25. The molecule has 1 atom stereocenters. The summed E-state index contributed by atoms with van der Waals surface area (Å²) in [4.78, 5) is 12.9. The number of aromatic nitrogens is 3. The van der Waals surface area contributed by atoms with Crippen LogP contribution in [0.2, 0.25) is 0 Å². The summed E-state index contributed by atoms with van der Waals surface area (Å²) in [6.45, 7) is 3.59. The van der Waals surface area contributed by atoms with Gasteiger partial charge in [-0.3, -0.25) is 4.68 Å². The number of aliphatic hydroxyl groups excluding tert-OH is 1. The maximum Gasteiger partial charge on any atom is 0.358 e. The Bertz CT molecular complexity index is 407. The quantitative estimate of drug-likeness (QED) is 0.748. The number of nitrogens with zero attached hydrogens (tertiary/aromatic N) is 4. The van der Waals surface area contributed by atoms with Gasteiger partial charge in [-0.1, -0.05) is 5.21 Å². The van der Waals surface area contributed by atoms with Crippen LogP contribution in [0.25, 0.3) is 0 Å². The summed E-state index contributed by atoms with van der Waals surface area (Å²) in [5.74, 6) is -0.691. The molecule has 0 amide bonds. The summed E-state index contributed by atoms with van der Waals surface area (Å²) in [7, 11) is 0. The highest BCUT2D eigenvalue weighted by Crippen LogP contribution is 2.15. The third-order valence-electron chi connectivity index (χ3n) is 3.26. The van der Waals surface area contributed by atoms with Gasteiger partial charge < -0.3 is 15.1 Å². The van der Waals surface area contributed by atoms with Crippen LogP contribution >= 0.6 is 0 Å². The predicted molar refractivity (Wildman–Crippen MR) is 63.2 cm³/mol. The van der Waals surface area contributed by atoms with E-state index in [9.17, 15) is 4.79 Å². The van der Waals surface area contributed by atoms with E-state index in [0.29, 0.717) is 12.5 Å². The second kappa shape index (κ2) is 5.92. The van der Waals surface area contributed by atoms with E-state index in [2.05, 4.69) is 15.2 Å². The van der Waals surface area contributed by atoms with E-state index in [1.54, 1.807) is 4.68 Å². The van der Waals surface area contributed by atoms with Gasteiger partial charge in [0.1, 0.15) is 0 Å². The molecule has 0 aliphatic carbocycles. The Balaban J connectivity index is 1.81. The molecule has 100 valence electrons. The van der Waals surface area contributed by atoms with E-state index >= 15 is 0 Å². The van der Waals surface area contributed by atoms with Crippen LogP contribution in [-0.2, 0) is 6.54 Å². The third kappa shape index (κ3) is 3.27. The molecule has 0 radical (unpaired) electrons. The zero-order valence-corrected chi connectivity index (χ0v) is 10.2. The van der Waals surface area contributed by atoms with Crippen molar-refractivity contribution in [3.05, 3.63) is 11.9 Å². The zero-order chi connectivity index (χ0) is 13.0. The topological polar surface area (TPSA) is 91.5 Å². The minimum atomic E-state index is -1.06. The highest BCUT2D eigenvalue weighted by Gasteiger charge is 2.19. The molecule has 1 unspecified atom stereocenters. The summed E-state index contributed by atoms with van der Waals surface area (Å²) in [5.41, 5.74) is -0.0260. The Hall–Kier alpha value is -1.47. The molecule has 18 heavy (non-hydrogen) atoms. The maximum absolute atomic E-state index is 10.6. The number of carboxylic acids is 1. The summed E-state index contributed by atoms with van der Waals surface area (Å²) in [6, 6.07) is 0. The van der Waals surface area contributed by atoms with Gasteiger partial charge in [-0.25, -0.2) is 4.79 Å². The molecule has 0 saturated carbocycles. The first-order chi connectivity index (χ1) is 8.69. The van der Waals surface area contributed by atoms with Crippen molar-refractivity contribution in [1.29, 1.82) is 0 Å². The minimum absolute atomic E-state index is 0.0260. The lowest BCUT2D eigenvalue weighted by Gasteiger charge is -2.31. The first-order valence-electron chi connectivity index (χ1n) is 6.15. The number of hydrogen-bond donors (Lipinski definition) is 2. The van der Waals surface area contributed by atoms with Crippen LogP contribution < -0.4 is 0 Å². The van der Waals surface area contributed by atoms with Crippen LogP contribution in [0.4, 0.5) is 0 Å². The molecule has 1 saturated heterocycles. The Kier molecular flexibility index (Phi) is 4.27. The molecule has 2 rings (SSSR count). The van der Waals surface area contributed by atoms with Gasteiger partial charge in [0.25, 0.3) is 0 Å². The predicted octanol–water partition coefficient (Wildman–Crippen LogP) is -0.319. The van der Waals surface area contributed by atoms with Crippen molar-refractivity contribution in [2.24, 2.45) is 5.92 Å². The summed E-state index contributed by atoms with van der Waals surface area (Å²) < 4.78 is 1.55. The SMILES string of the molecule is O=C(O)c1cn(CCN2CCCC(CO)C2)nn1. The normalized spacial score (nSPS) is 21.1. The van der Waals surface area contributed by atoms with Crippen LogP contribution in [0.15, 0.2) is 6.20 Å². The highest BCUT2D eigenvalue weighted by atomic mass is 16.4. The number of likely N-dealkylation sites (tertiary alicyclic amines) is 1. The largest absolute Gasteiger partial charge is 0.476 e. The lowest BCUT2D eigenvalue weighted by Crippen LogP contribution is -2.38. The molecule has 0 aromatic carbocycles.